The first-order chi connectivity index (χ1) is 5.38. The Morgan fingerprint density at radius 1 is 0.909 bits per heavy atom. The third kappa shape index (κ3) is 2.07. The predicted octanol–water partition coefficient (Wildman–Crippen LogP) is 3.62. The van der Waals surface area contributed by atoms with Gasteiger partial charge in [0.25, 0.3) is 0 Å². The van der Waals surface area contributed by atoms with Crippen LogP contribution in [0.2, 0.25) is 0 Å². The van der Waals surface area contributed by atoms with Crippen LogP contribution in [0.15, 0.2) is 35.5 Å². The second-order valence-electron chi connectivity index (χ2n) is 2.90. The van der Waals surface area contributed by atoms with E-state index in [4.69, 9.17) is 0 Å². The van der Waals surface area contributed by atoms with Crippen LogP contribution in [0.4, 0.5) is 0 Å². The number of hydrogen-bond donors (Lipinski definition) is 0. The molecule has 0 aromatic rings. The first-order valence-corrected chi connectivity index (χ1v) is 4.36. The van der Waals surface area contributed by atoms with Gasteiger partial charge in [-0.05, 0) is 44.3 Å². The summed E-state index contributed by atoms with van der Waals surface area (Å²) in [5.74, 6) is 0. The molecular weight excluding hydrogens is 132 g/mol. The van der Waals surface area contributed by atoms with Gasteiger partial charge in [0, 0.05) is 0 Å². The maximum absolute atomic E-state index is 2.24. The highest BCUT2D eigenvalue weighted by molar-refractivity contribution is 5.36. The van der Waals surface area contributed by atoms with Crippen molar-refractivity contribution in [3.8, 4) is 0 Å². The zero-order chi connectivity index (χ0) is 8.10. The first kappa shape index (κ1) is 8.32. The molecule has 1 aliphatic carbocycles. The van der Waals surface area contributed by atoms with Crippen molar-refractivity contribution in [3.63, 3.8) is 0 Å². The average molecular weight is 148 g/mol. The molecule has 0 N–H and O–H groups in total. The third-order valence-corrected chi connectivity index (χ3v) is 2.04. The van der Waals surface area contributed by atoms with Crippen molar-refractivity contribution in [2.24, 2.45) is 0 Å². The fourth-order valence-electron chi connectivity index (χ4n) is 1.57. The van der Waals surface area contributed by atoms with Crippen LogP contribution in [0.25, 0.3) is 0 Å². The molecule has 0 saturated carbocycles. The molecule has 0 nitrogen and oxygen atoms in total. The van der Waals surface area contributed by atoms with Crippen molar-refractivity contribution in [1.82, 2.24) is 0 Å². The molecule has 0 unspecified atom stereocenters. The molecule has 0 spiro atoms. The molecule has 1 aliphatic rings. The molecule has 0 aromatic heterocycles. The van der Waals surface area contributed by atoms with Gasteiger partial charge in [0.05, 0.1) is 0 Å². The lowest BCUT2D eigenvalue weighted by Crippen LogP contribution is -1.74. The second-order valence-corrected chi connectivity index (χ2v) is 2.90. The molecule has 0 saturated heterocycles. The quantitative estimate of drug-likeness (QED) is 0.561. The van der Waals surface area contributed by atoms with Gasteiger partial charge in [-0.25, -0.2) is 0 Å². The van der Waals surface area contributed by atoms with Crippen LogP contribution < -0.4 is 0 Å². The van der Waals surface area contributed by atoms with Gasteiger partial charge < -0.3 is 0 Å². The highest BCUT2D eigenvalue weighted by atomic mass is 14.1. The van der Waals surface area contributed by atoms with Gasteiger partial charge in [-0.15, -0.1) is 0 Å². The van der Waals surface area contributed by atoms with Crippen LogP contribution in [-0.4, -0.2) is 0 Å². The van der Waals surface area contributed by atoms with Gasteiger partial charge in [0.2, 0.25) is 0 Å². The SMILES string of the molecule is C/C=C\C1=C(/C=C\C)CCC1. The van der Waals surface area contributed by atoms with E-state index in [-0.39, 0.29) is 0 Å². The van der Waals surface area contributed by atoms with E-state index in [1.165, 1.54) is 30.4 Å². The molecule has 0 bridgehead atoms. The van der Waals surface area contributed by atoms with E-state index in [1.807, 2.05) is 0 Å². The minimum atomic E-state index is 1.27. The Morgan fingerprint density at radius 2 is 1.36 bits per heavy atom. The Hall–Kier alpha value is -0.780. The van der Waals surface area contributed by atoms with Crippen LogP contribution >= 0.6 is 0 Å². The van der Waals surface area contributed by atoms with Gasteiger partial charge in [0.1, 0.15) is 0 Å². The molecule has 11 heavy (non-hydrogen) atoms. The minimum Gasteiger partial charge on any atom is -0.0874 e. The van der Waals surface area contributed by atoms with Crippen molar-refractivity contribution >= 4 is 0 Å². The number of allylic oxidation sites excluding steroid dienone is 6. The largest absolute Gasteiger partial charge is 0.0874 e. The van der Waals surface area contributed by atoms with Crippen LogP contribution in [-0.2, 0) is 0 Å². The van der Waals surface area contributed by atoms with Crippen molar-refractivity contribution in [2.45, 2.75) is 33.1 Å². The van der Waals surface area contributed by atoms with E-state index >= 15 is 0 Å². The van der Waals surface area contributed by atoms with E-state index in [0.29, 0.717) is 0 Å². The number of rotatable bonds is 2. The molecule has 0 heteroatoms. The lowest BCUT2D eigenvalue weighted by molar-refractivity contribution is 0.906. The van der Waals surface area contributed by atoms with Gasteiger partial charge in [-0.2, -0.15) is 0 Å². The van der Waals surface area contributed by atoms with Crippen molar-refractivity contribution in [2.75, 3.05) is 0 Å². The van der Waals surface area contributed by atoms with E-state index in [1.54, 1.807) is 0 Å². The van der Waals surface area contributed by atoms with E-state index in [9.17, 15) is 0 Å². The molecule has 0 atom stereocenters. The monoisotopic (exact) mass is 148 g/mol. The second kappa shape index (κ2) is 4.17. The molecule has 0 aliphatic heterocycles. The van der Waals surface area contributed by atoms with Crippen molar-refractivity contribution < 1.29 is 0 Å². The minimum absolute atomic E-state index is 1.27. The summed E-state index contributed by atoms with van der Waals surface area (Å²) in [5, 5.41) is 0. The van der Waals surface area contributed by atoms with Gasteiger partial charge in [-0.3, -0.25) is 0 Å². The van der Waals surface area contributed by atoms with E-state index < -0.39 is 0 Å². The Morgan fingerprint density at radius 3 is 1.73 bits per heavy atom. The van der Waals surface area contributed by atoms with Crippen molar-refractivity contribution in [3.05, 3.63) is 35.5 Å². The summed E-state index contributed by atoms with van der Waals surface area (Å²) in [6.07, 6.45) is 12.6. The zero-order valence-electron chi connectivity index (χ0n) is 7.43. The van der Waals surface area contributed by atoms with Crippen LogP contribution in [0, 0.1) is 0 Å². The molecule has 0 radical (unpaired) electrons. The normalized spacial score (nSPS) is 19.5. The Bertz CT molecular complexity index is 182. The predicted molar refractivity (Wildman–Crippen MR) is 50.5 cm³/mol. The molecule has 0 fully saturated rings. The maximum atomic E-state index is 2.24. The van der Waals surface area contributed by atoms with E-state index in [2.05, 4.69) is 38.2 Å². The zero-order valence-corrected chi connectivity index (χ0v) is 7.43. The topological polar surface area (TPSA) is 0 Å². The molecule has 0 aromatic carbocycles. The van der Waals surface area contributed by atoms with Crippen LogP contribution in [0.5, 0.6) is 0 Å². The van der Waals surface area contributed by atoms with Gasteiger partial charge in [-0.1, -0.05) is 24.3 Å². The summed E-state index contributed by atoms with van der Waals surface area (Å²) in [7, 11) is 0. The molecule has 1 rings (SSSR count). The maximum Gasteiger partial charge on any atom is -0.0273 e. The third-order valence-electron chi connectivity index (χ3n) is 2.04. The summed E-state index contributed by atoms with van der Waals surface area (Å²) in [4.78, 5) is 0. The fraction of sp³-hybridized carbons (Fsp3) is 0.455. The standard InChI is InChI=1S/C11H16/c1-3-6-10-8-5-9-11(10)7-4-2/h3-4,6-7H,5,8-9H2,1-2H3/b6-3-,7-4-. The fourth-order valence-corrected chi connectivity index (χ4v) is 1.57. The van der Waals surface area contributed by atoms with E-state index in [0.717, 1.165) is 0 Å². The molecular formula is C11H16. The lowest BCUT2D eigenvalue weighted by atomic mass is 10.1. The smallest absolute Gasteiger partial charge is 0.0273 e. The Balaban J connectivity index is 2.77. The molecule has 0 heterocycles. The summed E-state index contributed by atoms with van der Waals surface area (Å²) < 4.78 is 0. The van der Waals surface area contributed by atoms with Crippen LogP contribution in [0.3, 0.4) is 0 Å². The van der Waals surface area contributed by atoms with Gasteiger partial charge >= 0.3 is 0 Å². The summed E-state index contributed by atoms with van der Waals surface area (Å²) in [6.45, 7) is 4.16. The van der Waals surface area contributed by atoms with Crippen LogP contribution in [0.1, 0.15) is 33.1 Å². The number of hydrogen-bond acceptors (Lipinski definition) is 0. The summed E-state index contributed by atoms with van der Waals surface area (Å²) in [6, 6.07) is 0. The Labute approximate surface area is 69.3 Å². The lowest BCUT2D eigenvalue weighted by Gasteiger charge is -1.94. The van der Waals surface area contributed by atoms with Gasteiger partial charge in [0.15, 0.2) is 0 Å². The highest BCUT2D eigenvalue weighted by Crippen LogP contribution is 2.27. The summed E-state index contributed by atoms with van der Waals surface area (Å²) in [5.41, 5.74) is 3.07. The molecule has 60 valence electrons. The highest BCUT2D eigenvalue weighted by Gasteiger charge is 2.08. The average Bonchev–Trinajstić information content (AvgIpc) is 2.39. The summed E-state index contributed by atoms with van der Waals surface area (Å²) >= 11 is 0. The first-order valence-electron chi connectivity index (χ1n) is 4.36. The molecule has 0 amide bonds. The van der Waals surface area contributed by atoms with Crippen molar-refractivity contribution in [1.29, 1.82) is 0 Å². The Kier molecular flexibility index (Phi) is 3.15.